The fourth-order valence-corrected chi connectivity index (χ4v) is 5.23. The standard InChI is InChI=1S/C32H45N2O2S/c1-4-5-6-7-8-9-10-11-12-13-21-36-32-19-17-29(18-20-32)25-34(28(3)35)31-16-14-15-30(22-31)24-33-23-27(2)37-26-33/h14-20,22-23,26H,4-13,21,24-25H2,1-3H3/q+1. The predicted octanol–water partition coefficient (Wildman–Crippen LogP) is 8.25. The fraction of sp³-hybridized carbons (Fsp3) is 0.500. The van der Waals surface area contributed by atoms with Gasteiger partial charge in [-0.1, -0.05) is 100 Å². The molecule has 0 spiro atoms. The number of benzene rings is 2. The lowest BCUT2D eigenvalue weighted by atomic mass is 10.1. The number of anilines is 1. The summed E-state index contributed by atoms with van der Waals surface area (Å²) in [5.74, 6) is 0.941. The van der Waals surface area contributed by atoms with E-state index in [1.54, 1.807) is 18.3 Å². The molecule has 3 rings (SSSR count). The number of amides is 1. The molecular formula is C32H45N2O2S+. The van der Waals surface area contributed by atoms with Crippen LogP contribution in [0.3, 0.4) is 0 Å². The van der Waals surface area contributed by atoms with E-state index in [1.807, 2.05) is 29.2 Å². The molecule has 0 bridgehead atoms. The van der Waals surface area contributed by atoms with Crippen molar-refractivity contribution < 1.29 is 14.1 Å². The van der Waals surface area contributed by atoms with Crippen LogP contribution in [0.1, 0.15) is 94.1 Å². The van der Waals surface area contributed by atoms with E-state index in [0.717, 1.165) is 36.6 Å². The van der Waals surface area contributed by atoms with Crippen molar-refractivity contribution in [2.24, 2.45) is 0 Å². The largest absolute Gasteiger partial charge is 0.494 e. The Hall–Kier alpha value is -2.66. The first-order valence-electron chi connectivity index (χ1n) is 14.1. The Morgan fingerprint density at radius 2 is 1.57 bits per heavy atom. The van der Waals surface area contributed by atoms with E-state index in [9.17, 15) is 4.79 Å². The summed E-state index contributed by atoms with van der Waals surface area (Å²) in [6.07, 6.45) is 15.4. The van der Waals surface area contributed by atoms with E-state index in [-0.39, 0.29) is 5.91 Å². The van der Waals surface area contributed by atoms with Gasteiger partial charge in [0.05, 0.1) is 18.0 Å². The second-order valence-electron chi connectivity index (χ2n) is 10.1. The first-order valence-corrected chi connectivity index (χ1v) is 15.0. The summed E-state index contributed by atoms with van der Waals surface area (Å²) in [6, 6.07) is 16.5. The lowest BCUT2D eigenvalue weighted by molar-refractivity contribution is -0.683. The molecule has 0 aliphatic carbocycles. The summed E-state index contributed by atoms with van der Waals surface area (Å²) in [5, 5.41) is 0. The van der Waals surface area contributed by atoms with Crippen molar-refractivity contribution in [3.05, 3.63) is 76.2 Å². The molecule has 3 aromatic rings. The highest BCUT2D eigenvalue weighted by molar-refractivity contribution is 7.09. The van der Waals surface area contributed by atoms with Crippen LogP contribution in [0.25, 0.3) is 0 Å². The van der Waals surface area contributed by atoms with E-state index in [4.69, 9.17) is 4.74 Å². The maximum Gasteiger partial charge on any atom is 0.225 e. The number of carbonyl (C=O) groups excluding carboxylic acids is 1. The molecule has 1 amide bonds. The van der Waals surface area contributed by atoms with Crippen LogP contribution in [0, 0.1) is 6.92 Å². The lowest BCUT2D eigenvalue weighted by Gasteiger charge is -2.22. The molecule has 1 aromatic heterocycles. The molecule has 0 aliphatic rings. The number of thiazole rings is 1. The van der Waals surface area contributed by atoms with Gasteiger partial charge < -0.3 is 9.64 Å². The molecule has 0 fully saturated rings. The van der Waals surface area contributed by atoms with Gasteiger partial charge in [-0.3, -0.25) is 4.79 Å². The van der Waals surface area contributed by atoms with Crippen molar-refractivity contribution in [2.75, 3.05) is 11.5 Å². The Labute approximate surface area is 228 Å². The van der Waals surface area contributed by atoms with E-state index in [1.165, 1.54) is 68.2 Å². The molecule has 1 heterocycles. The molecule has 200 valence electrons. The quantitative estimate of drug-likeness (QED) is 0.132. The Bertz CT molecular complexity index is 1060. The zero-order valence-electron chi connectivity index (χ0n) is 23.1. The number of hydrogen-bond acceptors (Lipinski definition) is 3. The van der Waals surface area contributed by atoms with Crippen molar-refractivity contribution in [1.82, 2.24) is 0 Å². The Morgan fingerprint density at radius 3 is 2.19 bits per heavy atom. The number of aromatic nitrogens is 1. The number of aryl methyl sites for hydroxylation is 1. The molecule has 0 saturated carbocycles. The SMILES string of the molecule is CCCCCCCCCCCCOc1ccc(CN(C(C)=O)c2cccc(C[n+]3csc(C)c3)c2)cc1. The van der Waals surface area contributed by atoms with Crippen LogP contribution in [0.4, 0.5) is 5.69 Å². The van der Waals surface area contributed by atoms with Crippen LogP contribution in [0.2, 0.25) is 0 Å². The lowest BCUT2D eigenvalue weighted by Crippen LogP contribution is -2.31. The minimum Gasteiger partial charge on any atom is -0.494 e. The van der Waals surface area contributed by atoms with Gasteiger partial charge in [-0.15, -0.1) is 0 Å². The molecule has 0 aliphatic heterocycles. The van der Waals surface area contributed by atoms with Gasteiger partial charge in [-0.25, -0.2) is 0 Å². The molecule has 0 N–H and O–H groups in total. The number of rotatable bonds is 17. The highest BCUT2D eigenvalue weighted by Crippen LogP contribution is 2.21. The van der Waals surface area contributed by atoms with Gasteiger partial charge in [0.1, 0.15) is 5.75 Å². The van der Waals surface area contributed by atoms with Crippen LogP contribution in [0.5, 0.6) is 5.75 Å². The van der Waals surface area contributed by atoms with Crippen molar-refractivity contribution in [3.8, 4) is 5.75 Å². The predicted molar refractivity (Wildman–Crippen MR) is 155 cm³/mol. The third kappa shape index (κ3) is 10.7. The first kappa shape index (κ1) is 28.9. The topological polar surface area (TPSA) is 33.4 Å². The molecule has 5 heteroatoms. The van der Waals surface area contributed by atoms with Gasteiger partial charge in [0.25, 0.3) is 0 Å². The molecule has 0 radical (unpaired) electrons. The first-order chi connectivity index (χ1) is 18.0. The van der Waals surface area contributed by atoms with Crippen LogP contribution in [0.15, 0.2) is 60.2 Å². The van der Waals surface area contributed by atoms with Crippen molar-refractivity contribution in [2.45, 2.75) is 98.1 Å². The van der Waals surface area contributed by atoms with Gasteiger partial charge in [0.2, 0.25) is 11.4 Å². The third-order valence-corrected chi connectivity index (χ3v) is 7.57. The Kier molecular flexibility index (Phi) is 12.7. The maximum atomic E-state index is 12.5. The highest BCUT2D eigenvalue weighted by Gasteiger charge is 2.14. The van der Waals surface area contributed by atoms with Crippen LogP contribution < -0.4 is 14.2 Å². The maximum absolute atomic E-state index is 12.5. The van der Waals surface area contributed by atoms with Crippen LogP contribution in [-0.2, 0) is 17.9 Å². The molecule has 4 nitrogen and oxygen atoms in total. The van der Waals surface area contributed by atoms with Crippen LogP contribution in [-0.4, -0.2) is 12.5 Å². The van der Waals surface area contributed by atoms with E-state index < -0.39 is 0 Å². The van der Waals surface area contributed by atoms with Gasteiger partial charge in [-0.05, 0) is 43.2 Å². The zero-order chi connectivity index (χ0) is 26.3. The molecule has 37 heavy (non-hydrogen) atoms. The molecule has 2 aromatic carbocycles. The number of nitrogens with zero attached hydrogens (tertiary/aromatic N) is 2. The second-order valence-corrected chi connectivity index (χ2v) is 11.2. The zero-order valence-corrected chi connectivity index (χ0v) is 23.9. The Balaban J connectivity index is 1.41. The summed E-state index contributed by atoms with van der Waals surface area (Å²) in [4.78, 5) is 15.6. The van der Waals surface area contributed by atoms with Gasteiger partial charge in [0, 0.05) is 18.2 Å². The average Bonchev–Trinajstić information content (AvgIpc) is 3.30. The summed E-state index contributed by atoms with van der Waals surface area (Å²) < 4.78 is 8.15. The average molecular weight is 522 g/mol. The monoisotopic (exact) mass is 521 g/mol. The van der Waals surface area contributed by atoms with Crippen molar-refractivity contribution in [1.29, 1.82) is 0 Å². The summed E-state index contributed by atoms with van der Waals surface area (Å²) >= 11 is 1.74. The van der Waals surface area contributed by atoms with Gasteiger partial charge in [-0.2, -0.15) is 4.57 Å². The van der Waals surface area contributed by atoms with E-state index in [2.05, 4.69) is 54.4 Å². The van der Waals surface area contributed by atoms with Crippen LogP contribution >= 0.6 is 11.3 Å². The summed E-state index contributed by atoms with van der Waals surface area (Å²) in [7, 11) is 0. The number of hydrogen-bond donors (Lipinski definition) is 0. The highest BCUT2D eigenvalue weighted by atomic mass is 32.1. The molecular weight excluding hydrogens is 476 g/mol. The molecule has 0 atom stereocenters. The molecule has 0 saturated heterocycles. The molecule has 0 unspecified atom stereocenters. The van der Waals surface area contributed by atoms with Crippen molar-refractivity contribution in [3.63, 3.8) is 0 Å². The second kappa shape index (κ2) is 16.2. The number of carbonyl (C=O) groups is 1. The minimum atomic E-state index is 0.0393. The number of ether oxygens (including phenoxy) is 1. The summed E-state index contributed by atoms with van der Waals surface area (Å²) in [6.45, 7) is 8.13. The third-order valence-electron chi connectivity index (χ3n) is 6.72. The van der Waals surface area contributed by atoms with E-state index in [0.29, 0.717) is 6.54 Å². The number of unbranched alkanes of at least 4 members (excludes halogenated alkanes) is 9. The fourth-order valence-electron chi connectivity index (χ4n) is 4.60. The van der Waals surface area contributed by atoms with Gasteiger partial charge in [0.15, 0.2) is 12.7 Å². The normalized spacial score (nSPS) is 11.0. The smallest absolute Gasteiger partial charge is 0.225 e. The minimum absolute atomic E-state index is 0.0393. The van der Waals surface area contributed by atoms with Gasteiger partial charge >= 0.3 is 0 Å². The van der Waals surface area contributed by atoms with E-state index >= 15 is 0 Å². The Morgan fingerprint density at radius 1 is 0.892 bits per heavy atom. The summed E-state index contributed by atoms with van der Waals surface area (Å²) in [5.41, 5.74) is 5.33. The van der Waals surface area contributed by atoms with Crippen molar-refractivity contribution >= 4 is 22.9 Å².